The van der Waals surface area contributed by atoms with Gasteiger partial charge in [0.1, 0.15) is 13.2 Å². The van der Waals surface area contributed by atoms with Crippen LogP contribution in [0, 0.1) is 5.92 Å². The molecule has 1 unspecified atom stereocenters. The number of hydrogen-bond donors (Lipinski definition) is 1. The number of para-hydroxylation sites is 1. The molecule has 0 saturated carbocycles. The number of halogens is 1. The lowest BCUT2D eigenvalue weighted by atomic mass is 10.1. The molecule has 2 heterocycles. The van der Waals surface area contributed by atoms with Crippen molar-refractivity contribution in [3.63, 3.8) is 0 Å². The van der Waals surface area contributed by atoms with E-state index < -0.39 is 5.92 Å². The molecule has 4 rings (SSSR count). The van der Waals surface area contributed by atoms with Gasteiger partial charge in [-0.2, -0.15) is 0 Å². The zero-order chi connectivity index (χ0) is 20.5. The van der Waals surface area contributed by atoms with E-state index in [1.807, 2.05) is 25.1 Å². The van der Waals surface area contributed by atoms with Crippen LogP contribution in [-0.4, -0.2) is 45.7 Å². The van der Waals surface area contributed by atoms with E-state index in [0.717, 1.165) is 5.69 Å². The molecular weight excluding hydrogens is 394 g/mol. The van der Waals surface area contributed by atoms with E-state index in [1.165, 1.54) is 0 Å². The van der Waals surface area contributed by atoms with Crippen LogP contribution in [0.3, 0.4) is 0 Å². The molecule has 29 heavy (non-hydrogen) atoms. The molecule has 0 aliphatic carbocycles. The summed E-state index contributed by atoms with van der Waals surface area (Å²) in [6.07, 6.45) is 0.151. The Kier molecular flexibility index (Phi) is 5.24. The monoisotopic (exact) mass is 415 g/mol. The molecule has 8 heteroatoms. The Morgan fingerprint density at radius 1 is 1.17 bits per heavy atom. The van der Waals surface area contributed by atoms with Gasteiger partial charge in [-0.25, -0.2) is 0 Å². The lowest BCUT2D eigenvalue weighted by Gasteiger charge is -2.22. The number of hydrogen-bond acceptors (Lipinski definition) is 5. The lowest BCUT2D eigenvalue weighted by molar-refractivity contribution is -0.122. The second-order valence-electron chi connectivity index (χ2n) is 7.25. The molecule has 1 saturated heterocycles. The Balaban J connectivity index is 1.50. The minimum absolute atomic E-state index is 0.0965. The Morgan fingerprint density at radius 3 is 2.69 bits per heavy atom. The third-order valence-corrected chi connectivity index (χ3v) is 5.33. The largest absolute Gasteiger partial charge is 0.486 e. The number of fused-ring (bicyclic) bond motifs is 1. The van der Waals surface area contributed by atoms with E-state index in [9.17, 15) is 9.59 Å². The first-order valence-electron chi connectivity index (χ1n) is 9.41. The molecule has 2 aromatic rings. The second kappa shape index (κ2) is 7.83. The van der Waals surface area contributed by atoms with Crippen LogP contribution < -0.4 is 24.6 Å². The van der Waals surface area contributed by atoms with Crippen molar-refractivity contribution in [2.24, 2.45) is 5.92 Å². The minimum atomic E-state index is -0.454. The summed E-state index contributed by atoms with van der Waals surface area (Å²) in [6.45, 7) is 1.29. The number of nitrogens with one attached hydrogen (secondary N) is 1. The highest BCUT2D eigenvalue weighted by atomic mass is 35.5. The number of rotatable bonds is 4. The van der Waals surface area contributed by atoms with Gasteiger partial charge < -0.3 is 24.6 Å². The van der Waals surface area contributed by atoms with Crippen LogP contribution in [0.4, 0.5) is 17.1 Å². The molecule has 0 aromatic heterocycles. The summed E-state index contributed by atoms with van der Waals surface area (Å²) in [5.41, 5.74) is 2.06. The van der Waals surface area contributed by atoms with Crippen LogP contribution in [0.1, 0.15) is 6.42 Å². The van der Waals surface area contributed by atoms with E-state index in [0.29, 0.717) is 47.7 Å². The number of anilines is 3. The first-order chi connectivity index (χ1) is 13.9. The van der Waals surface area contributed by atoms with Crippen LogP contribution in [0.15, 0.2) is 36.4 Å². The van der Waals surface area contributed by atoms with E-state index in [-0.39, 0.29) is 18.2 Å². The standard InChI is InChI=1S/C21H22ClN3O4/c1-24(2)20-15(22)4-3-5-16(20)23-21(27)13-10-19(26)25(12-13)14-6-7-17-18(11-14)29-9-8-28-17/h3-7,11,13H,8-10,12H2,1-2H3,(H,23,27). The molecule has 2 aliphatic rings. The van der Waals surface area contributed by atoms with Gasteiger partial charge in [0.2, 0.25) is 11.8 Å². The van der Waals surface area contributed by atoms with Crippen molar-refractivity contribution in [1.29, 1.82) is 0 Å². The normalized spacial score (nSPS) is 18.0. The van der Waals surface area contributed by atoms with E-state index >= 15 is 0 Å². The van der Waals surface area contributed by atoms with Crippen molar-refractivity contribution >= 4 is 40.5 Å². The molecule has 1 N–H and O–H groups in total. The van der Waals surface area contributed by atoms with Gasteiger partial charge in [0.25, 0.3) is 0 Å². The minimum Gasteiger partial charge on any atom is -0.486 e. The molecule has 152 valence electrons. The Hall–Kier alpha value is -2.93. The van der Waals surface area contributed by atoms with Gasteiger partial charge in [0.15, 0.2) is 11.5 Å². The van der Waals surface area contributed by atoms with Gasteiger partial charge in [-0.15, -0.1) is 0 Å². The topological polar surface area (TPSA) is 71.1 Å². The summed E-state index contributed by atoms with van der Waals surface area (Å²) in [5.74, 6) is 0.524. The molecule has 0 bridgehead atoms. The van der Waals surface area contributed by atoms with Crippen LogP contribution in [0.5, 0.6) is 11.5 Å². The zero-order valence-corrected chi connectivity index (χ0v) is 17.0. The Morgan fingerprint density at radius 2 is 1.93 bits per heavy atom. The lowest BCUT2D eigenvalue weighted by Crippen LogP contribution is -2.28. The Bertz CT molecular complexity index is 963. The first-order valence-corrected chi connectivity index (χ1v) is 9.78. The molecule has 2 aromatic carbocycles. The SMILES string of the molecule is CN(C)c1c(Cl)cccc1NC(=O)C1CC(=O)N(c2ccc3c(c2)OCCO3)C1. The van der Waals surface area contributed by atoms with Crippen molar-refractivity contribution in [3.05, 3.63) is 41.4 Å². The smallest absolute Gasteiger partial charge is 0.229 e. The summed E-state index contributed by atoms with van der Waals surface area (Å²) in [6, 6.07) is 10.7. The fourth-order valence-corrected chi connectivity index (χ4v) is 3.98. The summed E-state index contributed by atoms with van der Waals surface area (Å²) in [5, 5.41) is 3.48. The van der Waals surface area contributed by atoms with E-state index in [2.05, 4.69) is 5.32 Å². The zero-order valence-electron chi connectivity index (χ0n) is 16.3. The van der Waals surface area contributed by atoms with E-state index in [1.54, 1.807) is 35.2 Å². The average molecular weight is 416 g/mol. The number of carbonyl (C=O) groups is 2. The highest BCUT2D eigenvalue weighted by Crippen LogP contribution is 2.37. The molecule has 2 amide bonds. The molecular formula is C21H22ClN3O4. The molecule has 0 spiro atoms. The predicted octanol–water partition coefficient (Wildman–Crippen LogP) is 3.17. The van der Waals surface area contributed by atoms with Gasteiger partial charge >= 0.3 is 0 Å². The maximum atomic E-state index is 12.9. The summed E-state index contributed by atoms with van der Waals surface area (Å²) < 4.78 is 11.1. The van der Waals surface area contributed by atoms with E-state index in [4.69, 9.17) is 21.1 Å². The average Bonchev–Trinajstić information content (AvgIpc) is 3.09. The van der Waals surface area contributed by atoms with Gasteiger partial charge in [0, 0.05) is 38.8 Å². The summed E-state index contributed by atoms with van der Waals surface area (Å²) >= 11 is 6.27. The summed E-state index contributed by atoms with van der Waals surface area (Å²) in [7, 11) is 3.72. The fourth-order valence-electron chi connectivity index (χ4n) is 3.64. The fraction of sp³-hybridized carbons (Fsp3) is 0.333. The summed E-state index contributed by atoms with van der Waals surface area (Å²) in [4.78, 5) is 28.9. The number of ether oxygens (including phenoxy) is 2. The highest BCUT2D eigenvalue weighted by molar-refractivity contribution is 6.34. The molecule has 0 radical (unpaired) electrons. The van der Waals surface area contributed by atoms with Gasteiger partial charge in [-0.3, -0.25) is 9.59 Å². The second-order valence-corrected chi connectivity index (χ2v) is 7.66. The number of carbonyl (C=O) groups excluding carboxylic acids is 2. The molecule has 7 nitrogen and oxygen atoms in total. The van der Waals surface area contributed by atoms with Crippen LogP contribution in [-0.2, 0) is 9.59 Å². The van der Waals surface area contributed by atoms with Crippen molar-refractivity contribution in [3.8, 4) is 11.5 Å². The van der Waals surface area contributed by atoms with Crippen LogP contribution in [0.2, 0.25) is 5.02 Å². The maximum Gasteiger partial charge on any atom is 0.229 e. The van der Waals surface area contributed by atoms with Crippen molar-refractivity contribution in [1.82, 2.24) is 0 Å². The van der Waals surface area contributed by atoms with Gasteiger partial charge in [0.05, 0.1) is 22.3 Å². The third-order valence-electron chi connectivity index (χ3n) is 5.03. The van der Waals surface area contributed by atoms with Crippen LogP contribution in [0.25, 0.3) is 0 Å². The third kappa shape index (κ3) is 3.82. The quantitative estimate of drug-likeness (QED) is 0.830. The van der Waals surface area contributed by atoms with Crippen molar-refractivity contribution in [2.45, 2.75) is 6.42 Å². The van der Waals surface area contributed by atoms with Gasteiger partial charge in [-0.05, 0) is 24.3 Å². The first kappa shape index (κ1) is 19.4. The highest BCUT2D eigenvalue weighted by Gasteiger charge is 2.36. The number of nitrogens with zero attached hydrogens (tertiary/aromatic N) is 2. The van der Waals surface area contributed by atoms with Crippen LogP contribution >= 0.6 is 11.6 Å². The van der Waals surface area contributed by atoms with Crippen molar-refractivity contribution in [2.75, 3.05) is 49.0 Å². The van der Waals surface area contributed by atoms with Crippen molar-refractivity contribution < 1.29 is 19.1 Å². The molecule has 1 atom stereocenters. The number of amides is 2. The molecule has 2 aliphatic heterocycles. The van der Waals surface area contributed by atoms with Gasteiger partial charge in [-0.1, -0.05) is 17.7 Å². The number of benzene rings is 2. The maximum absolute atomic E-state index is 12.9. The molecule has 1 fully saturated rings. The predicted molar refractivity (Wildman–Crippen MR) is 112 cm³/mol. The Labute approximate surface area is 174 Å².